The summed E-state index contributed by atoms with van der Waals surface area (Å²) in [5.74, 6) is 0.872. The van der Waals surface area contributed by atoms with Gasteiger partial charge in [-0.05, 0) is 377 Å². The normalized spacial score (nSPS) is 29.0. The summed E-state index contributed by atoms with van der Waals surface area (Å²) in [4.78, 5) is 22.6. The minimum absolute atomic E-state index is 0.416. The average molecular weight is 1070 g/mol. The van der Waals surface area contributed by atoms with E-state index in [2.05, 4.69) is 54.7 Å². The second-order valence-electron chi connectivity index (χ2n) is 31.5. The Kier molecular flexibility index (Phi) is 3.36. The summed E-state index contributed by atoms with van der Waals surface area (Å²) in [6.45, 7) is 0. The number of carbonyl (C=O) groups is 1. The maximum absolute atomic E-state index is 16.5. The lowest BCUT2D eigenvalue weighted by Gasteiger charge is -2.34. The molecule has 26 aromatic carbocycles. The Labute approximate surface area is 476 Å². The summed E-state index contributed by atoms with van der Waals surface area (Å²) in [6.07, 6.45) is 10.4. The third kappa shape index (κ3) is 1.94. The Hall–Kier alpha value is -9.70. The highest BCUT2D eigenvalue weighted by Gasteiger charge is 2.99. The number of rotatable bonds is 4. The van der Waals surface area contributed by atoms with Crippen LogP contribution in [0.1, 0.15) is 81.3 Å². The molecule has 0 radical (unpaired) electrons. The molecule has 3 unspecified atom stereocenters. The van der Waals surface area contributed by atoms with E-state index in [0.29, 0.717) is 0 Å². The lowest BCUT2D eigenvalue weighted by atomic mass is 9.66. The zero-order valence-electron chi connectivity index (χ0n) is 45.3. The van der Waals surface area contributed by atoms with Crippen LogP contribution in [0, 0.1) is 10.8 Å². The van der Waals surface area contributed by atoms with Crippen LogP contribution in [0.15, 0.2) is 53.5 Å². The van der Waals surface area contributed by atoms with Gasteiger partial charge in [0.2, 0.25) is 0 Å². The van der Waals surface area contributed by atoms with Crippen LogP contribution in [0.5, 0.6) is 5.75 Å². The van der Waals surface area contributed by atoms with Gasteiger partial charge in [-0.1, -0.05) is 24.3 Å². The summed E-state index contributed by atoms with van der Waals surface area (Å²) in [6, 6.07) is 18.6. The maximum Gasteiger partial charge on any atom is 0.128 e. The standard InChI is InChI=1S/C83H25NO2/c1-86-21-12-10-20(11-13-21)84-16-78-14-2-4-18-6-8-19(9-7-18)5-3-15-79(17-85)82-72-58-46-35-26-22-23-25-30-24(22)31-28-33(26)41(46)52-44-37(28)48-39(31)50-43(30)51-40-32(25)29-34-27(23)36(35)47-42(34)53-45-38(29)49(40)61-65-55(45)67(63(53)73(82)59(47)58)77-69-68-74-64(54(44)66(62(52)72)76(68)83(77,79)82)60(48)70-56(50)57(51)71(61)81(78,75(65)69)80(70,74)78/h6-13,16-17H,2-5,14-15H2,1H3. The van der Waals surface area contributed by atoms with Gasteiger partial charge in [-0.25, -0.2) is 0 Å². The van der Waals surface area contributed by atoms with Crippen molar-refractivity contribution in [3.63, 3.8) is 0 Å². The molecule has 12 bridgehead atoms. The molecule has 4 spiro atoms. The van der Waals surface area contributed by atoms with Crippen molar-refractivity contribution in [3.05, 3.63) is 104 Å². The highest BCUT2D eigenvalue weighted by molar-refractivity contribution is 6.79. The van der Waals surface area contributed by atoms with Crippen LogP contribution in [0.4, 0.5) is 5.69 Å². The first-order valence-electron chi connectivity index (χ1n) is 32.5. The second-order valence-corrected chi connectivity index (χ2v) is 31.5. The fourth-order valence-electron chi connectivity index (χ4n) is 31.2. The number of hydrogen-bond donors (Lipinski definition) is 0. The Morgan fingerprint density at radius 3 is 0.849 bits per heavy atom. The number of aliphatic imine (C=N–C) groups is 1. The Balaban J connectivity index is 0.980. The molecule has 0 amide bonds. The van der Waals surface area contributed by atoms with Crippen molar-refractivity contribution in [2.24, 2.45) is 15.8 Å². The van der Waals surface area contributed by atoms with E-state index in [0.717, 1.165) is 50.0 Å². The Bertz CT molecular complexity index is 7870. The summed E-state index contributed by atoms with van der Waals surface area (Å²) in [5.41, 5.74) is 17.5. The van der Waals surface area contributed by atoms with Gasteiger partial charge in [-0.15, -0.1) is 0 Å². The van der Waals surface area contributed by atoms with Crippen molar-refractivity contribution in [1.29, 1.82) is 0 Å². The second kappa shape index (κ2) is 8.26. The SMILES string of the molecule is COc1ccc(N=CC23CCCc4ccc(cc4)CCCC4(C=O)C56c7c8c9c%10c%11c%12c%13c%14c%15c%16c%17c(c-8c5c5c8c%18c%19c%20c(c%21c7c%10c7c%21c%10c%20c%20c%21c%19c%19c8c(c5%17)c5c%16c8c%14c%14c%13c%13c%11c7c7c%10c%20c%10c(c%137)c%14c7c8c5c%19c%21c7%10)C%1846)C%152C9%123)cc1. The number of nitrogens with zero attached hydrogens (tertiary/aromatic N) is 1. The van der Waals surface area contributed by atoms with Crippen molar-refractivity contribution in [1.82, 2.24) is 0 Å². The topological polar surface area (TPSA) is 38.7 Å². The average Bonchev–Trinajstić information content (AvgIpc) is 1.34. The van der Waals surface area contributed by atoms with Crippen molar-refractivity contribution in [2.75, 3.05) is 7.11 Å². The van der Waals surface area contributed by atoms with Crippen LogP contribution >= 0.6 is 0 Å². The molecule has 0 saturated heterocycles. The molecule has 2 fully saturated rings. The Morgan fingerprint density at radius 2 is 0.558 bits per heavy atom. The highest BCUT2D eigenvalue weighted by Crippen LogP contribution is 3.02. The van der Waals surface area contributed by atoms with E-state index in [1.54, 1.807) is 317 Å². The van der Waals surface area contributed by atoms with E-state index >= 15 is 4.79 Å². The molecule has 2 saturated carbocycles. The van der Waals surface area contributed by atoms with Gasteiger partial charge in [-0.2, -0.15) is 0 Å². The molecular weight excluding hydrogens is 1040 g/mol. The monoisotopic (exact) mass is 1070 g/mol. The number of methoxy groups -OCH3 is 1. The molecule has 3 nitrogen and oxygen atoms in total. The van der Waals surface area contributed by atoms with Crippen LogP contribution in [0.25, 0.3) is 259 Å². The third-order valence-electron chi connectivity index (χ3n) is 31.5. The van der Waals surface area contributed by atoms with Gasteiger partial charge in [0.1, 0.15) is 12.0 Å². The van der Waals surface area contributed by atoms with Gasteiger partial charge >= 0.3 is 0 Å². The van der Waals surface area contributed by atoms with Gasteiger partial charge in [0.15, 0.2) is 0 Å². The lowest BCUT2D eigenvalue weighted by Crippen LogP contribution is -2.28. The quantitative estimate of drug-likeness (QED) is 0.100. The summed E-state index contributed by atoms with van der Waals surface area (Å²) >= 11 is 0. The minimum Gasteiger partial charge on any atom is -0.497 e. The molecule has 0 aliphatic heterocycles. The lowest BCUT2D eigenvalue weighted by molar-refractivity contribution is -0.113. The van der Waals surface area contributed by atoms with E-state index in [1.165, 1.54) is 11.1 Å². The summed E-state index contributed by atoms with van der Waals surface area (Å²) in [5, 5.41) is 74.4. The fraction of sp³-hybridized carbons (Fsp3) is 0.157. The van der Waals surface area contributed by atoms with Crippen LogP contribution in [-0.2, 0) is 39.3 Å². The van der Waals surface area contributed by atoms with E-state index < -0.39 is 32.5 Å². The molecule has 26 aromatic rings. The molecule has 0 heterocycles. The minimum atomic E-state index is -0.671. The molecule has 3 atom stereocenters. The number of hydrogen-bond acceptors (Lipinski definition) is 3. The molecule has 374 valence electrons. The number of ether oxygens (including phenoxy) is 1. The van der Waals surface area contributed by atoms with Crippen LogP contribution < -0.4 is 4.74 Å². The third-order valence-corrected chi connectivity index (χ3v) is 31.5. The van der Waals surface area contributed by atoms with E-state index in [1.807, 2.05) is 0 Å². The molecule has 14 aliphatic rings. The molecule has 86 heavy (non-hydrogen) atoms. The first-order chi connectivity index (χ1) is 42.7. The van der Waals surface area contributed by atoms with Crippen molar-refractivity contribution in [2.45, 2.75) is 60.2 Å². The summed E-state index contributed by atoms with van der Waals surface area (Å²) < 4.78 is 5.85. The van der Waals surface area contributed by atoms with E-state index in [-0.39, 0.29) is 0 Å². The van der Waals surface area contributed by atoms with Crippen molar-refractivity contribution >= 4 is 266 Å². The first-order valence-corrected chi connectivity index (χ1v) is 32.5. The molecule has 14 aliphatic carbocycles. The smallest absolute Gasteiger partial charge is 0.128 e. The van der Waals surface area contributed by atoms with E-state index in [9.17, 15) is 0 Å². The Morgan fingerprint density at radius 1 is 0.314 bits per heavy atom. The van der Waals surface area contributed by atoms with E-state index in [4.69, 9.17) is 9.73 Å². The summed E-state index contributed by atoms with van der Waals surface area (Å²) in [7, 11) is 1.79. The van der Waals surface area contributed by atoms with Gasteiger partial charge in [0.05, 0.1) is 29.0 Å². The van der Waals surface area contributed by atoms with Gasteiger partial charge < -0.3 is 9.53 Å². The number of benzene rings is 18. The molecule has 3 heteroatoms. The van der Waals surface area contributed by atoms with Crippen molar-refractivity contribution < 1.29 is 9.53 Å². The molecular formula is C83H25NO2. The van der Waals surface area contributed by atoms with Gasteiger partial charge in [0, 0.05) is 22.5 Å². The maximum atomic E-state index is 16.5. The number of carbonyl (C=O) groups excluding carboxylic acids is 1. The van der Waals surface area contributed by atoms with Gasteiger partial charge in [0.25, 0.3) is 0 Å². The fourth-order valence-corrected chi connectivity index (χ4v) is 31.2. The zero-order chi connectivity index (χ0) is 52.4. The first kappa shape index (κ1) is 34.9. The molecule has 0 aromatic heterocycles. The van der Waals surface area contributed by atoms with Crippen molar-refractivity contribution in [3.8, 4) is 16.9 Å². The predicted molar refractivity (Wildman–Crippen MR) is 350 cm³/mol. The predicted octanol–water partition coefficient (Wildman–Crippen LogP) is 19.8. The van der Waals surface area contributed by atoms with Crippen LogP contribution in [-0.4, -0.2) is 19.6 Å². The zero-order valence-corrected chi connectivity index (χ0v) is 45.3. The number of aldehydes is 1. The molecule has 0 N–H and O–H groups in total. The number of aryl methyl sites for hydroxylation is 2. The van der Waals surface area contributed by atoms with Crippen LogP contribution in [0.2, 0.25) is 0 Å². The highest BCUT2D eigenvalue weighted by atomic mass is 16.5. The largest absolute Gasteiger partial charge is 0.497 e. The van der Waals surface area contributed by atoms with Gasteiger partial charge in [-0.3, -0.25) is 4.99 Å². The van der Waals surface area contributed by atoms with Crippen LogP contribution in [0.3, 0.4) is 0 Å². The molecule has 40 rings (SSSR count).